The SMILES string of the molecule is CC/C=C\C/C=C\C/C=C\C/C=C\CCCCCC(=O)OC(COC(=O)CCC/C=C\C/C=C\C/C=C\C/C=C\CCCCC)COC(=O)CCCCC/C=C\C=C/CCCC. The van der Waals surface area contributed by atoms with Crippen molar-refractivity contribution in [3.05, 3.63) is 122 Å². The summed E-state index contributed by atoms with van der Waals surface area (Å²) >= 11 is 0. The van der Waals surface area contributed by atoms with Gasteiger partial charge in [-0.1, -0.05) is 181 Å². The predicted octanol–water partition coefficient (Wildman–Crippen LogP) is 16.1. The highest BCUT2D eigenvalue weighted by molar-refractivity contribution is 5.71. The Morgan fingerprint density at radius 2 is 0.710 bits per heavy atom. The zero-order chi connectivity index (χ0) is 45.1. The molecule has 0 bridgehead atoms. The quantitative estimate of drug-likeness (QED) is 0.0200. The monoisotopic (exact) mass is 857 g/mol. The molecule has 0 radical (unpaired) electrons. The summed E-state index contributed by atoms with van der Waals surface area (Å²) in [5.74, 6) is -1.05. The number of ether oxygens (including phenoxy) is 3. The summed E-state index contributed by atoms with van der Waals surface area (Å²) in [4.78, 5) is 37.8. The lowest BCUT2D eigenvalue weighted by molar-refractivity contribution is -0.167. The van der Waals surface area contributed by atoms with Crippen molar-refractivity contribution in [2.24, 2.45) is 0 Å². The first-order valence-corrected chi connectivity index (χ1v) is 24.6. The van der Waals surface area contributed by atoms with Gasteiger partial charge >= 0.3 is 17.9 Å². The van der Waals surface area contributed by atoms with Gasteiger partial charge in [-0.05, 0) is 116 Å². The molecule has 1 atom stereocenters. The Kier molecular flexibility index (Phi) is 46.1. The average Bonchev–Trinajstić information content (AvgIpc) is 3.27. The number of hydrogen-bond acceptors (Lipinski definition) is 6. The number of esters is 3. The smallest absolute Gasteiger partial charge is 0.306 e. The lowest BCUT2D eigenvalue weighted by Crippen LogP contribution is -2.30. The van der Waals surface area contributed by atoms with Gasteiger partial charge in [-0.3, -0.25) is 14.4 Å². The van der Waals surface area contributed by atoms with Crippen LogP contribution in [0.4, 0.5) is 0 Å². The van der Waals surface area contributed by atoms with E-state index in [0.717, 1.165) is 103 Å². The van der Waals surface area contributed by atoms with E-state index in [0.29, 0.717) is 19.3 Å². The second kappa shape index (κ2) is 49.5. The first kappa shape index (κ1) is 57.8. The summed E-state index contributed by atoms with van der Waals surface area (Å²) in [5.41, 5.74) is 0. The van der Waals surface area contributed by atoms with Crippen molar-refractivity contribution < 1.29 is 28.6 Å². The molecule has 0 aromatic heterocycles. The topological polar surface area (TPSA) is 78.9 Å². The van der Waals surface area contributed by atoms with Crippen molar-refractivity contribution in [1.82, 2.24) is 0 Å². The van der Waals surface area contributed by atoms with Gasteiger partial charge in [0.15, 0.2) is 6.10 Å². The normalized spacial score (nSPS) is 13.1. The number of carbonyl (C=O) groups is 3. The molecule has 1 unspecified atom stereocenters. The zero-order valence-corrected chi connectivity index (χ0v) is 39.6. The standard InChI is InChI=1S/C56H88O6/c1-4-7-10-13-16-19-22-24-26-28-30-31-34-37-40-43-46-49-55(58)61-52-53(51-60-54(57)48-45-42-39-36-33-21-18-15-12-9-6-3)62-56(59)50-47-44-41-38-35-32-29-27-25-23-20-17-14-11-8-5-2/h8,11,15-21,24-27,30-33,35,37,40,53H,4-7,9-10,12-14,22-23,28-29,34,36,38-39,41-52H2,1-3H3/b11-8-,18-15-,19-16-,20-17-,26-24-,27-25-,31-30-,33-21-,35-32-,40-37-. The van der Waals surface area contributed by atoms with Crippen molar-refractivity contribution in [2.75, 3.05) is 13.2 Å². The molecule has 6 nitrogen and oxygen atoms in total. The fourth-order valence-electron chi connectivity index (χ4n) is 5.99. The number of hydrogen-bond donors (Lipinski definition) is 0. The van der Waals surface area contributed by atoms with Gasteiger partial charge in [-0.2, -0.15) is 0 Å². The highest BCUT2D eigenvalue weighted by Gasteiger charge is 2.19. The predicted molar refractivity (Wildman–Crippen MR) is 265 cm³/mol. The molecule has 0 aliphatic rings. The highest BCUT2D eigenvalue weighted by Crippen LogP contribution is 2.10. The first-order chi connectivity index (χ1) is 30.5. The van der Waals surface area contributed by atoms with E-state index in [2.05, 4.69) is 142 Å². The maximum Gasteiger partial charge on any atom is 0.306 e. The van der Waals surface area contributed by atoms with Crippen LogP contribution in [0.3, 0.4) is 0 Å². The van der Waals surface area contributed by atoms with Gasteiger partial charge in [0.1, 0.15) is 13.2 Å². The molecule has 0 aliphatic carbocycles. The summed E-state index contributed by atoms with van der Waals surface area (Å²) in [6.07, 6.45) is 67.6. The minimum absolute atomic E-state index is 0.126. The number of unbranched alkanes of at least 4 members (excludes halogenated alkanes) is 12. The third-order valence-corrected chi connectivity index (χ3v) is 9.70. The highest BCUT2D eigenvalue weighted by atomic mass is 16.6. The molecule has 0 heterocycles. The van der Waals surface area contributed by atoms with Crippen LogP contribution in [0.15, 0.2) is 122 Å². The largest absolute Gasteiger partial charge is 0.462 e. The van der Waals surface area contributed by atoms with E-state index in [1.54, 1.807) is 0 Å². The van der Waals surface area contributed by atoms with Crippen molar-refractivity contribution in [1.29, 1.82) is 0 Å². The number of rotatable bonds is 42. The zero-order valence-electron chi connectivity index (χ0n) is 39.6. The Hall–Kier alpha value is -4.19. The minimum atomic E-state index is -0.830. The van der Waals surface area contributed by atoms with E-state index in [-0.39, 0.29) is 44.0 Å². The summed E-state index contributed by atoms with van der Waals surface area (Å²) in [6.45, 7) is 6.31. The van der Waals surface area contributed by atoms with Crippen LogP contribution in [-0.4, -0.2) is 37.2 Å². The van der Waals surface area contributed by atoms with Gasteiger partial charge in [0.05, 0.1) is 0 Å². The van der Waals surface area contributed by atoms with Crippen LogP contribution in [0.2, 0.25) is 0 Å². The summed E-state index contributed by atoms with van der Waals surface area (Å²) in [5, 5.41) is 0. The maximum absolute atomic E-state index is 12.8. The van der Waals surface area contributed by atoms with Gasteiger partial charge in [0, 0.05) is 19.3 Å². The molecule has 0 saturated carbocycles. The fraction of sp³-hybridized carbons (Fsp3) is 0.589. The second-order valence-electron chi connectivity index (χ2n) is 15.7. The molecule has 0 N–H and O–H groups in total. The van der Waals surface area contributed by atoms with E-state index in [1.807, 2.05) is 0 Å². The number of carbonyl (C=O) groups excluding carboxylic acids is 3. The summed E-state index contributed by atoms with van der Waals surface area (Å²) in [7, 11) is 0. The average molecular weight is 857 g/mol. The Morgan fingerprint density at radius 3 is 1.16 bits per heavy atom. The molecule has 0 rings (SSSR count). The third-order valence-electron chi connectivity index (χ3n) is 9.70. The lowest BCUT2D eigenvalue weighted by Gasteiger charge is -2.18. The second-order valence-corrected chi connectivity index (χ2v) is 15.7. The molecule has 0 aromatic rings. The van der Waals surface area contributed by atoms with Gasteiger partial charge in [0.2, 0.25) is 0 Å². The third kappa shape index (κ3) is 46.9. The Labute approximate surface area is 380 Å². The number of allylic oxidation sites excluding steroid dienone is 20. The Morgan fingerprint density at radius 1 is 0.355 bits per heavy atom. The first-order valence-electron chi connectivity index (χ1n) is 24.6. The van der Waals surface area contributed by atoms with Gasteiger partial charge in [-0.25, -0.2) is 0 Å². The van der Waals surface area contributed by atoms with Gasteiger partial charge < -0.3 is 14.2 Å². The molecule has 6 heteroatoms. The van der Waals surface area contributed by atoms with Crippen LogP contribution in [0.5, 0.6) is 0 Å². The van der Waals surface area contributed by atoms with Crippen molar-refractivity contribution in [3.63, 3.8) is 0 Å². The van der Waals surface area contributed by atoms with Crippen LogP contribution in [0.1, 0.15) is 194 Å². The molecule has 0 aliphatic heterocycles. The molecule has 348 valence electrons. The maximum atomic E-state index is 12.8. The van der Waals surface area contributed by atoms with Crippen LogP contribution in [0.25, 0.3) is 0 Å². The van der Waals surface area contributed by atoms with Crippen LogP contribution in [-0.2, 0) is 28.6 Å². The van der Waals surface area contributed by atoms with Gasteiger partial charge in [-0.15, -0.1) is 0 Å². The van der Waals surface area contributed by atoms with Crippen molar-refractivity contribution in [2.45, 2.75) is 200 Å². The molecule has 0 spiro atoms. The molecule has 0 amide bonds. The summed E-state index contributed by atoms with van der Waals surface area (Å²) in [6, 6.07) is 0. The fourth-order valence-corrected chi connectivity index (χ4v) is 5.99. The van der Waals surface area contributed by atoms with E-state index >= 15 is 0 Å². The molecular weight excluding hydrogens is 769 g/mol. The van der Waals surface area contributed by atoms with E-state index in [1.165, 1.54) is 38.5 Å². The molecule has 62 heavy (non-hydrogen) atoms. The van der Waals surface area contributed by atoms with Crippen LogP contribution >= 0.6 is 0 Å². The Balaban J connectivity index is 4.58. The minimum Gasteiger partial charge on any atom is -0.462 e. The van der Waals surface area contributed by atoms with Crippen molar-refractivity contribution >= 4 is 17.9 Å². The molecular formula is C56H88O6. The van der Waals surface area contributed by atoms with Gasteiger partial charge in [0.25, 0.3) is 0 Å². The molecule has 0 saturated heterocycles. The van der Waals surface area contributed by atoms with Crippen LogP contribution in [0, 0.1) is 0 Å². The Bertz CT molecular complexity index is 1350. The van der Waals surface area contributed by atoms with E-state index in [9.17, 15) is 14.4 Å². The molecule has 0 fully saturated rings. The van der Waals surface area contributed by atoms with Crippen LogP contribution < -0.4 is 0 Å². The van der Waals surface area contributed by atoms with E-state index < -0.39 is 6.10 Å². The summed E-state index contributed by atoms with van der Waals surface area (Å²) < 4.78 is 16.6. The molecule has 0 aromatic carbocycles. The van der Waals surface area contributed by atoms with E-state index in [4.69, 9.17) is 14.2 Å². The lowest BCUT2D eigenvalue weighted by atomic mass is 10.1. The van der Waals surface area contributed by atoms with Crippen molar-refractivity contribution in [3.8, 4) is 0 Å².